The molecule has 1 atom stereocenters. The Labute approximate surface area is 125 Å². The number of hydrogen-bond donors (Lipinski definition) is 1. The molecule has 0 aliphatic carbocycles. The summed E-state index contributed by atoms with van der Waals surface area (Å²) in [6.07, 6.45) is 1.65. The minimum Gasteiger partial charge on any atom is -0.456 e. The second-order valence-electron chi connectivity index (χ2n) is 5.00. The zero-order chi connectivity index (χ0) is 15.5. The van der Waals surface area contributed by atoms with Crippen LogP contribution in [-0.4, -0.2) is 22.7 Å². The SMILES string of the molecule is Cc1cc(=O)cc(C(=O)NCc2noc([C@@H]3CCCO3)n2)o1. The number of carbonyl (C=O) groups excluding carboxylic acids is 1. The summed E-state index contributed by atoms with van der Waals surface area (Å²) >= 11 is 0. The lowest BCUT2D eigenvalue weighted by molar-refractivity contribution is 0.0835. The first kappa shape index (κ1) is 14.5. The van der Waals surface area contributed by atoms with E-state index in [2.05, 4.69) is 15.5 Å². The first-order valence-electron chi connectivity index (χ1n) is 6.96. The summed E-state index contributed by atoms with van der Waals surface area (Å²) in [5.41, 5.74) is -0.283. The number of nitrogens with zero attached hydrogens (tertiary/aromatic N) is 2. The highest BCUT2D eigenvalue weighted by Gasteiger charge is 2.24. The summed E-state index contributed by atoms with van der Waals surface area (Å²) in [7, 11) is 0. The number of carbonyl (C=O) groups is 1. The van der Waals surface area contributed by atoms with Crippen molar-refractivity contribution < 1.29 is 18.5 Å². The molecule has 0 aromatic carbocycles. The molecule has 0 saturated carbocycles. The third-order valence-electron chi connectivity index (χ3n) is 3.21. The standard InChI is InChI=1S/C14H15N3O5/c1-8-5-9(18)6-11(21-8)13(19)15-7-12-16-14(22-17-12)10-3-2-4-20-10/h5-6,10H,2-4,7H2,1H3,(H,15,19)/t10-/m0/s1. The van der Waals surface area contributed by atoms with Crippen molar-refractivity contribution in [3.05, 3.63) is 45.6 Å². The van der Waals surface area contributed by atoms with Crippen LogP contribution in [-0.2, 0) is 11.3 Å². The van der Waals surface area contributed by atoms with Gasteiger partial charge in [-0.3, -0.25) is 9.59 Å². The first-order valence-corrected chi connectivity index (χ1v) is 6.96. The molecule has 3 heterocycles. The van der Waals surface area contributed by atoms with Crippen molar-refractivity contribution in [2.45, 2.75) is 32.4 Å². The zero-order valence-corrected chi connectivity index (χ0v) is 12.0. The second-order valence-corrected chi connectivity index (χ2v) is 5.00. The van der Waals surface area contributed by atoms with Crippen molar-refractivity contribution in [3.8, 4) is 0 Å². The zero-order valence-electron chi connectivity index (χ0n) is 12.0. The molecule has 1 saturated heterocycles. The number of nitrogens with one attached hydrogen (secondary N) is 1. The van der Waals surface area contributed by atoms with Crippen molar-refractivity contribution >= 4 is 5.91 Å². The van der Waals surface area contributed by atoms with Gasteiger partial charge in [-0.25, -0.2) is 0 Å². The predicted octanol–water partition coefficient (Wildman–Crippen LogP) is 1.11. The molecule has 8 heteroatoms. The Hall–Kier alpha value is -2.48. The predicted molar refractivity (Wildman–Crippen MR) is 73.1 cm³/mol. The van der Waals surface area contributed by atoms with Crippen LogP contribution < -0.4 is 10.7 Å². The lowest BCUT2D eigenvalue weighted by Crippen LogP contribution is -2.24. The van der Waals surface area contributed by atoms with Gasteiger partial charge in [-0.15, -0.1) is 0 Å². The fraction of sp³-hybridized carbons (Fsp3) is 0.429. The van der Waals surface area contributed by atoms with Crippen LogP contribution in [0.1, 0.15) is 47.0 Å². The van der Waals surface area contributed by atoms with E-state index >= 15 is 0 Å². The number of rotatable bonds is 4. The third kappa shape index (κ3) is 3.22. The topological polar surface area (TPSA) is 107 Å². The first-order chi connectivity index (χ1) is 10.6. The Bertz CT molecular complexity index is 730. The molecule has 0 unspecified atom stereocenters. The lowest BCUT2D eigenvalue weighted by Gasteiger charge is -2.02. The molecule has 8 nitrogen and oxygen atoms in total. The summed E-state index contributed by atoms with van der Waals surface area (Å²) in [4.78, 5) is 27.5. The summed E-state index contributed by atoms with van der Waals surface area (Å²) in [5.74, 6) is 0.577. The maximum absolute atomic E-state index is 11.9. The molecule has 0 radical (unpaired) electrons. The monoisotopic (exact) mass is 305 g/mol. The fourth-order valence-corrected chi connectivity index (χ4v) is 2.20. The van der Waals surface area contributed by atoms with Crippen molar-refractivity contribution in [2.24, 2.45) is 0 Å². The Morgan fingerprint density at radius 2 is 2.32 bits per heavy atom. The van der Waals surface area contributed by atoms with Crippen LogP contribution >= 0.6 is 0 Å². The van der Waals surface area contributed by atoms with Crippen LogP contribution in [0.5, 0.6) is 0 Å². The van der Waals surface area contributed by atoms with E-state index in [0.717, 1.165) is 18.9 Å². The van der Waals surface area contributed by atoms with Crippen LogP contribution in [0.3, 0.4) is 0 Å². The molecule has 3 rings (SSSR count). The maximum atomic E-state index is 11.9. The van der Waals surface area contributed by atoms with Gasteiger partial charge in [-0.05, 0) is 19.8 Å². The van der Waals surface area contributed by atoms with Gasteiger partial charge >= 0.3 is 0 Å². The second kappa shape index (κ2) is 6.10. The van der Waals surface area contributed by atoms with Gasteiger partial charge in [-0.2, -0.15) is 4.98 Å². The molecule has 2 aromatic heterocycles. The van der Waals surface area contributed by atoms with E-state index in [9.17, 15) is 9.59 Å². The molecule has 1 N–H and O–H groups in total. The summed E-state index contributed by atoms with van der Waals surface area (Å²) in [5, 5.41) is 6.36. The highest BCUT2D eigenvalue weighted by Crippen LogP contribution is 2.26. The molecule has 2 aromatic rings. The average molecular weight is 305 g/mol. The summed E-state index contributed by atoms with van der Waals surface area (Å²) in [6, 6.07) is 2.44. The summed E-state index contributed by atoms with van der Waals surface area (Å²) in [6.45, 7) is 2.36. The average Bonchev–Trinajstić information content (AvgIpc) is 3.14. The molecule has 1 fully saturated rings. The van der Waals surface area contributed by atoms with E-state index in [1.165, 1.54) is 6.07 Å². The van der Waals surface area contributed by atoms with Crippen LogP contribution in [0.2, 0.25) is 0 Å². The number of aromatic nitrogens is 2. The largest absolute Gasteiger partial charge is 0.456 e. The van der Waals surface area contributed by atoms with Gasteiger partial charge < -0.3 is 19.0 Å². The van der Waals surface area contributed by atoms with E-state index in [0.29, 0.717) is 24.1 Å². The highest BCUT2D eigenvalue weighted by molar-refractivity contribution is 5.91. The van der Waals surface area contributed by atoms with Gasteiger partial charge in [0.1, 0.15) is 11.9 Å². The van der Waals surface area contributed by atoms with Crippen LogP contribution in [0.25, 0.3) is 0 Å². The van der Waals surface area contributed by atoms with Gasteiger partial charge in [0, 0.05) is 18.7 Å². The van der Waals surface area contributed by atoms with Crippen molar-refractivity contribution in [1.29, 1.82) is 0 Å². The molecule has 1 aliphatic rings. The highest BCUT2D eigenvalue weighted by atomic mass is 16.5. The smallest absolute Gasteiger partial charge is 0.287 e. The molecule has 22 heavy (non-hydrogen) atoms. The normalized spacial score (nSPS) is 17.6. The van der Waals surface area contributed by atoms with E-state index in [1.54, 1.807) is 6.92 Å². The van der Waals surface area contributed by atoms with E-state index in [1.807, 2.05) is 0 Å². The van der Waals surface area contributed by atoms with Gasteiger partial charge in [-0.1, -0.05) is 5.16 Å². The Morgan fingerprint density at radius 3 is 3.05 bits per heavy atom. The molecular weight excluding hydrogens is 290 g/mol. The molecule has 0 bridgehead atoms. The van der Waals surface area contributed by atoms with E-state index in [4.69, 9.17) is 13.7 Å². The van der Waals surface area contributed by atoms with Gasteiger partial charge in [0.25, 0.3) is 11.8 Å². The van der Waals surface area contributed by atoms with E-state index < -0.39 is 5.91 Å². The third-order valence-corrected chi connectivity index (χ3v) is 3.21. The van der Waals surface area contributed by atoms with Gasteiger partial charge in [0.05, 0.1) is 6.54 Å². The minimum absolute atomic E-state index is 0.0483. The van der Waals surface area contributed by atoms with E-state index in [-0.39, 0.29) is 23.8 Å². The van der Waals surface area contributed by atoms with Crippen molar-refractivity contribution in [2.75, 3.05) is 6.61 Å². The molecular formula is C14H15N3O5. The fourth-order valence-electron chi connectivity index (χ4n) is 2.20. The molecule has 1 amide bonds. The number of amides is 1. The van der Waals surface area contributed by atoms with Crippen LogP contribution in [0, 0.1) is 6.92 Å². The lowest BCUT2D eigenvalue weighted by atomic mass is 10.2. The van der Waals surface area contributed by atoms with Crippen molar-refractivity contribution in [3.63, 3.8) is 0 Å². The summed E-state index contributed by atoms with van der Waals surface area (Å²) < 4.78 is 15.8. The maximum Gasteiger partial charge on any atom is 0.287 e. The minimum atomic E-state index is -0.510. The Kier molecular flexibility index (Phi) is 4.01. The number of hydrogen-bond acceptors (Lipinski definition) is 7. The van der Waals surface area contributed by atoms with Gasteiger partial charge in [0.2, 0.25) is 0 Å². The van der Waals surface area contributed by atoms with Crippen molar-refractivity contribution in [1.82, 2.24) is 15.5 Å². The molecule has 0 spiro atoms. The molecule has 116 valence electrons. The van der Waals surface area contributed by atoms with Crippen LogP contribution in [0.4, 0.5) is 0 Å². The molecule has 1 aliphatic heterocycles. The number of aryl methyl sites for hydroxylation is 1. The quantitative estimate of drug-likeness (QED) is 0.901. The van der Waals surface area contributed by atoms with Gasteiger partial charge in [0.15, 0.2) is 17.0 Å². The Morgan fingerprint density at radius 1 is 1.45 bits per heavy atom. The number of ether oxygens (including phenoxy) is 1. The van der Waals surface area contributed by atoms with Crippen LogP contribution in [0.15, 0.2) is 25.9 Å². The Balaban J connectivity index is 1.62.